The molecule has 26 heavy (non-hydrogen) atoms. The molecule has 2 atom stereocenters. The van der Waals surface area contributed by atoms with Crippen molar-refractivity contribution in [2.75, 3.05) is 23.8 Å². The lowest BCUT2D eigenvalue weighted by Gasteiger charge is -2.29. The van der Waals surface area contributed by atoms with Crippen LogP contribution >= 0.6 is 11.8 Å². The summed E-state index contributed by atoms with van der Waals surface area (Å²) in [6, 6.07) is 7.61. The fourth-order valence-electron chi connectivity index (χ4n) is 3.43. The summed E-state index contributed by atoms with van der Waals surface area (Å²) in [5.41, 5.74) is 0.714. The zero-order chi connectivity index (χ0) is 18.5. The molecule has 0 unspecified atom stereocenters. The molecule has 1 fully saturated rings. The van der Waals surface area contributed by atoms with Crippen molar-refractivity contribution in [1.82, 2.24) is 5.32 Å². The van der Waals surface area contributed by atoms with E-state index in [0.717, 1.165) is 24.2 Å². The molecule has 0 spiro atoms. The first-order valence-corrected chi connectivity index (χ1v) is 10.0. The summed E-state index contributed by atoms with van der Waals surface area (Å²) in [5, 5.41) is 2.95. The number of nitrogens with zero attached hydrogens (tertiary/aromatic N) is 1. The molecule has 1 heterocycles. The second kappa shape index (κ2) is 8.58. The topological polar surface area (TPSA) is 75.7 Å². The van der Waals surface area contributed by atoms with Crippen LogP contribution in [-0.2, 0) is 19.1 Å². The quantitative estimate of drug-likeness (QED) is 0.799. The van der Waals surface area contributed by atoms with Crippen LogP contribution in [0.3, 0.4) is 0 Å². The second-order valence-corrected chi connectivity index (χ2v) is 7.85. The van der Waals surface area contributed by atoms with E-state index in [2.05, 4.69) is 12.2 Å². The summed E-state index contributed by atoms with van der Waals surface area (Å²) in [7, 11) is 0. The SMILES string of the molecule is C[C@@H]1CCCC[C@@H]1NC(=O)COC(=O)CN1C(=O)CSc2ccccc21. The van der Waals surface area contributed by atoms with Crippen LogP contribution in [0.15, 0.2) is 29.2 Å². The Bertz CT molecular complexity index is 694. The Labute approximate surface area is 157 Å². The van der Waals surface area contributed by atoms with Crippen molar-refractivity contribution in [2.24, 2.45) is 5.92 Å². The predicted molar refractivity (Wildman–Crippen MR) is 100 cm³/mol. The standard InChI is InChI=1S/C19H24N2O4S/c1-13-6-2-3-7-14(13)20-17(22)11-25-19(24)10-21-15-8-4-5-9-16(15)26-12-18(21)23/h4-5,8-9,13-14H,2-3,6-7,10-12H2,1H3,(H,20,22)/t13-,14+/m1/s1. The molecule has 140 valence electrons. The number of hydrogen-bond donors (Lipinski definition) is 1. The molecule has 2 amide bonds. The molecule has 1 N–H and O–H groups in total. The summed E-state index contributed by atoms with van der Waals surface area (Å²) in [5.74, 6) is -0.246. The normalized spacial score (nSPS) is 22.5. The Morgan fingerprint density at radius 2 is 2.04 bits per heavy atom. The molecule has 1 saturated carbocycles. The number of carbonyl (C=O) groups is 3. The summed E-state index contributed by atoms with van der Waals surface area (Å²) < 4.78 is 5.10. The minimum Gasteiger partial charge on any atom is -0.454 e. The monoisotopic (exact) mass is 376 g/mol. The van der Waals surface area contributed by atoms with Crippen molar-refractivity contribution >= 4 is 35.2 Å². The molecule has 0 aromatic heterocycles. The fraction of sp³-hybridized carbons (Fsp3) is 0.526. The van der Waals surface area contributed by atoms with Gasteiger partial charge in [0.15, 0.2) is 6.61 Å². The molecule has 2 aliphatic rings. The van der Waals surface area contributed by atoms with E-state index in [-0.39, 0.29) is 31.0 Å². The van der Waals surface area contributed by atoms with Crippen LogP contribution in [0.25, 0.3) is 0 Å². The third-order valence-corrected chi connectivity index (χ3v) is 5.97. The number of benzene rings is 1. The highest BCUT2D eigenvalue weighted by Gasteiger charge is 2.27. The third-order valence-electron chi connectivity index (χ3n) is 4.92. The lowest BCUT2D eigenvalue weighted by molar-refractivity contribution is -0.148. The van der Waals surface area contributed by atoms with Gasteiger partial charge in [0.1, 0.15) is 6.54 Å². The summed E-state index contributed by atoms with van der Waals surface area (Å²) in [4.78, 5) is 38.7. The van der Waals surface area contributed by atoms with Crippen molar-refractivity contribution in [3.05, 3.63) is 24.3 Å². The molecule has 0 radical (unpaired) electrons. The predicted octanol–water partition coefficient (Wildman–Crippen LogP) is 2.36. The molecule has 3 rings (SSSR count). The average molecular weight is 376 g/mol. The number of hydrogen-bond acceptors (Lipinski definition) is 5. The van der Waals surface area contributed by atoms with Crippen LogP contribution in [0, 0.1) is 5.92 Å². The van der Waals surface area contributed by atoms with E-state index < -0.39 is 5.97 Å². The first-order valence-electron chi connectivity index (χ1n) is 9.02. The lowest BCUT2D eigenvalue weighted by atomic mass is 9.86. The minimum atomic E-state index is -0.577. The van der Waals surface area contributed by atoms with Gasteiger partial charge in [0.25, 0.3) is 5.91 Å². The van der Waals surface area contributed by atoms with E-state index in [1.165, 1.54) is 23.1 Å². The van der Waals surface area contributed by atoms with E-state index in [1.54, 1.807) is 0 Å². The number of amides is 2. The van der Waals surface area contributed by atoms with E-state index in [9.17, 15) is 14.4 Å². The zero-order valence-electron chi connectivity index (χ0n) is 14.9. The number of carbonyl (C=O) groups excluding carboxylic acids is 3. The number of nitrogens with one attached hydrogen (secondary N) is 1. The average Bonchev–Trinajstić information content (AvgIpc) is 2.64. The van der Waals surface area contributed by atoms with Gasteiger partial charge in [-0.2, -0.15) is 0 Å². The maximum atomic E-state index is 12.1. The smallest absolute Gasteiger partial charge is 0.326 e. The molecular formula is C19H24N2O4S. The highest BCUT2D eigenvalue weighted by atomic mass is 32.2. The zero-order valence-corrected chi connectivity index (χ0v) is 15.7. The first-order chi connectivity index (χ1) is 12.5. The minimum absolute atomic E-state index is 0.133. The number of para-hydroxylation sites is 1. The summed E-state index contributed by atoms with van der Waals surface area (Å²) in [6.07, 6.45) is 4.40. The number of fused-ring (bicyclic) bond motifs is 1. The van der Waals surface area contributed by atoms with Crippen LogP contribution in [-0.4, -0.2) is 42.7 Å². The van der Waals surface area contributed by atoms with Crippen molar-refractivity contribution in [2.45, 2.75) is 43.5 Å². The largest absolute Gasteiger partial charge is 0.454 e. The Morgan fingerprint density at radius 1 is 1.27 bits per heavy atom. The summed E-state index contributed by atoms with van der Waals surface area (Å²) in [6.45, 7) is 1.65. The fourth-order valence-corrected chi connectivity index (χ4v) is 4.36. The van der Waals surface area contributed by atoms with Crippen molar-refractivity contribution in [1.29, 1.82) is 0 Å². The number of esters is 1. The molecule has 1 aromatic rings. The third kappa shape index (κ3) is 4.58. The maximum Gasteiger partial charge on any atom is 0.326 e. The second-order valence-electron chi connectivity index (χ2n) is 6.83. The molecule has 1 aliphatic carbocycles. The number of rotatable bonds is 5. The van der Waals surface area contributed by atoms with Crippen LogP contribution in [0.2, 0.25) is 0 Å². The van der Waals surface area contributed by atoms with E-state index in [0.29, 0.717) is 17.4 Å². The Hall–Kier alpha value is -2.02. The van der Waals surface area contributed by atoms with Crippen molar-refractivity contribution in [3.63, 3.8) is 0 Å². The van der Waals surface area contributed by atoms with Gasteiger partial charge in [0.2, 0.25) is 5.91 Å². The van der Waals surface area contributed by atoms with Gasteiger partial charge in [0, 0.05) is 10.9 Å². The van der Waals surface area contributed by atoms with E-state index in [4.69, 9.17) is 4.74 Å². The number of anilines is 1. The summed E-state index contributed by atoms with van der Waals surface area (Å²) >= 11 is 1.46. The highest BCUT2D eigenvalue weighted by Crippen LogP contribution is 2.34. The van der Waals surface area contributed by atoms with Gasteiger partial charge in [-0.05, 0) is 30.9 Å². The van der Waals surface area contributed by atoms with Crippen LogP contribution in [0.5, 0.6) is 0 Å². The Morgan fingerprint density at radius 3 is 2.85 bits per heavy atom. The van der Waals surface area contributed by atoms with Gasteiger partial charge in [-0.15, -0.1) is 11.8 Å². The van der Waals surface area contributed by atoms with Crippen molar-refractivity contribution in [3.8, 4) is 0 Å². The van der Waals surface area contributed by atoms with Crippen LogP contribution in [0.1, 0.15) is 32.6 Å². The van der Waals surface area contributed by atoms with Gasteiger partial charge in [-0.3, -0.25) is 19.3 Å². The molecule has 7 heteroatoms. The highest BCUT2D eigenvalue weighted by molar-refractivity contribution is 8.00. The Balaban J connectivity index is 1.50. The number of thioether (sulfide) groups is 1. The number of ether oxygens (including phenoxy) is 1. The van der Waals surface area contributed by atoms with Crippen LogP contribution in [0.4, 0.5) is 5.69 Å². The first kappa shape index (κ1) is 18.8. The van der Waals surface area contributed by atoms with E-state index in [1.807, 2.05) is 24.3 Å². The maximum absolute atomic E-state index is 12.1. The molecule has 0 bridgehead atoms. The van der Waals surface area contributed by atoms with Gasteiger partial charge in [-0.25, -0.2) is 0 Å². The molecule has 0 saturated heterocycles. The molecule has 6 nitrogen and oxygen atoms in total. The Kier molecular flexibility index (Phi) is 6.19. The lowest BCUT2D eigenvalue weighted by Crippen LogP contribution is -2.44. The van der Waals surface area contributed by atoms with E-state index >= 15 is 0 Å². The molecule has 1 aromatic carbocycles. The molecular weight excluding hydrogens is 352 g/mol. The van der Waals surface area contributed by atoms with Gasteiger partial charge in [-0.1, -0.05) is 31.9 Å². The van der Waals surface area contributed by atoms with Crippen molar-refractivity contribution < 1.29 is 19.1 Å². The molecule has 1 aliphatic heterocycles. The van der Waals surface area contributed by atoms with Crippen LogP contribution < -0.4 is 10.2 Å². The van der Waals surface area contributed by atoms with Gasteiger partial charge >= 0.3 is 5.97 Å². The van der Waals surface area contributed by atoms with Gasteiger partial charge in [0.05, 0.1) is 11.4 Å². The van der Waals surface area contributed by atoms with Gasteiger partial charge < -0.3 is 10.1 Å².